The molecule has 0 aliphatic rings. The Morgan fingerprint density at radius 1 is 0.951 bits per heavy atom. The number of carbonyl (C=O) groups excluding carboxylic acids is 2. The number of rotatable bonds is 14. The van der Waals surface area contributed by atoms with E-state index in [4.69, 9.17) is 27.9 Å². The quantitative estimate of drug-likeness (QED) is 0.226. The van der Waals surface area contributed by atoms with E-state index in [1.165, 1.54) is 24.1 Å². The number of benzene rings is 3. The molecule has 0 aliphatic heterocycles. The van der Waals surface area contributed by atoms with Gasteiger partial charge in [0.05, 0.1) is 27.7 Å². The molecule has 0 bridgehead atoms. The number of sulfonamides is 1. The molecule has 0 spiro atoms. The standard InChI is InChI=1S/C30H35Cl2N3O5S/c1-4-6-18-33-30(37)26(5-2)34(20-22-16-17-24(31)25(32)19-22)29(36)21-35(27-14-10-11-15-28(27)40-3)41(38,39)23-12-8-7-9-13-23/h7-17,19,26H,4-6,18,20-21H2,1-3H3,(H,33,37)/t26-/m1/s1. The molecular weight excluding hydrogens is 585 g/mol. The van der Waals surface area contributed by atoms with Crippen molar-refractivity contribution >= 4 is 50.7 Å². The van der Waals surface area contributed by atoms with Crippen LogP contribution in [0.1, 0.15) is 38.7 Å². The van der Waals surface area contributed by atoms with E-state index in [1.807, 2.05) is 6.92 Å². The zero-order chi connectivity index (χ0) is 30.0. The van der Waals surface area contributed by atoms with Gasteiger partial charge in [-0.2, -0.15) is 0 Å². The summed E-state index contributed by atoms with van der Waals surface area (Å²) in [6, 6.07) is 18.5. The molecule has 0 radical (unpaired) electrons. The number of nitrogens with zero attached hydrogens (tertiary/aromatic N) is 2. The second-order valence-electron chi connectivity index (χ2n) is 9.34. The molecule has 3 rings (SSSR count). The van der Waals surface area contributed by atoms with Gasteiger partial charge in [0.2, 0.25) is 11.8 Å². The third kappa shape index (κ3) is 8.15. The van der Waals surface area contributed by atoms with Gasteiger partial charge in [0, 0.05) is 13.1 Å². The summed E-state index contributed by atoms with van der Waals surface area (Å²) in [5, 5.41) is 3.56. The van der Waals surface area contributed by atoms with E-state index in [0.717, 1.165) is 17.1 Å². The number of nitrogens with one attached hydrogen (secondary N) is 1. The fourth-order valence-electron chi connectivity index (χ4n) is 4.33. The molecule has 220 valence electrons. The van der Waals surface area contributed by atoms with E-state index in [9.17, 15) is 18.0 Å². The summed E-state index contributed by atoms with van der Waals surface area (Å²) in [6.07, 6.45) is 2.00. The van der Waals surface area contributed by atoms with Gasteiger partial charge in [-0.25, -0.2) is 8.42 Å². The number of ether oxygens (including phenoxy) is 1. The Kier molecular flexibility index (Phi) is 11.9. The monoisotopic (exact) mass is 619 g/mol. The predicted molar refractivity (Wildman–Crippen MR) is 163 cm³/mol. The van der Waals surface area contributed by atoms with Crippen molar-refractivity contribution in [3.8, 4) is 5.75 Å². The topological polar surface area (TPSA) is 96.0 Å². The molecule has 1 atom stereocenters. The van der Waals surface area contributed by atoms with E-state index in [2.05, 4.69) is 5.32 Å². The molecule has 41 heavy (non-hydrogen) atoms. The number of carbonyl (C=O) groups is 2. The Morgan fingerprint density at radius 3 is 2.27 bits per heavy atom. The minimum Gasteiger partial charge on any atom is -0.495 e. The minimum atomic E-state index is -4.20. The average Bonchev–Trinajstić information content (AvgIpc) is 2.98. The summed E-state index contributed by atoms with van der Waals surface area (Å²) in [6.45, 7) is 3.73. The van der Waals surface area contributed by atoms with Gasteiger partial charge in [-0.3, -0.25) is 13.9 Å². The van der Waals surface area contributed by atoms with Crippen molar-refractivity contribution in [3.05, 3.63) is 88.4 Å². The average molecular weight is 621 g/mol. The summed E-state index contributed by atoms with van der Waals surface area (Å²) >= 11 is 12.3. The van der Waals surface area contributed by atoms with Gasteiger partial charge >= 0.3 is 0 Å². The molecule has 0 fully saturated rings. The van der Waals surface area contributed by atoms with Crippen LogP contribution in [0.5, 0.6) is 5.75 Å². The first-order chi connectivity index (χ1) is 19.6. The maximum Gasteiger partial charge on any atom is 0.264 e. The minimum absolute atomic E-state index is 0.0130. The molecule has 11 heteroatoms. The molecule has 0 aromatic heterocycles. The van der Waals surface area contributed by atoms with Crippen LogP contribution in [0, 0.1) is 0 Å². The van der Waals surface area contributed by atoms with Gasteiger partial charge in [0.15, 0.2) is 0 Å². The molecule has 8 nitrogen and oxygen atoms in total. The number of para-hydroxylation sites is 2. The Balaban J connectivity index is 2.07. The molecule has 0 unspecified atom stereocenters. The summed E-state index contributed by atoms with van der Waals surface area (Å²) in [4.78, 5) is 28.8. The largest absolute Gasteiger partial charge is 0.495 e. The molecule has 0 saturated heterocycles. The molecule has 0 heterocycles. The number of halogens is 2. The third-order valence-electron chi connectivity index (χ3n) is 6.52. The third-order valence-corrected chi connectivity index (χ3v) is 9.03. The summed E-state index contributed by atoms with van der Waals surface area (Å²) in [7, 11) is -2.78. The molecule has 3 aromatic rings. The van der Waals surface area contributed by atoms with Gasteiger partial charge in [0.25, 0.3) is 10.0 Å². The zero-order valence-electron chi connectivity index (χ0n) is 23.3. The van der Waals surface area contributed by atoms with Crippen LogP contribution in [-0.2, 0) is 26.2 Å². The lowest BCUT2D eigenvalue weighted by Crippen LogP contribution is -2.52. The van der Waals surface area contributed by atoms with Crippen LogP contribution >= 0.6 is 23.2 Å². The van der Waals surface area contributed by atoms with Crippen molar-refractivity contribution in [3.63, 3.8) is 0 Å². The van der Waals surface area contributed by atoms with Gasteiger partial charge in [-0.05, 0) is 54.8 Å². The lowest BCUT2D eigenvalue weighted by Gasteiger charge is -2.33. The van der Waals surface area contributed by atoms with Gasteiger partial charge < -0.3 is 15.0 Å². The highest BCUT2D eigenvalue weighted by atomic mass is 35.5. The van der Waals surface area contributed by atoms with Crippen LogP contribution < -0.4 is 14.4 Å². The van der Waals surface area contributed by atoms with Crippen LogP contribution in [-0.4, -0.2) is 51.4 Å². The molecule has 3 aromatic carbocycles. The number of anilines is 1. The fourth-order valence-corrected chi connectivity index (χ4v) is 6.10. The van der Waals surface area contributed by atoms with Gasteiger partial charge in [-0.15, -0.1) is 0 Å². The zero-order valence-corrected chi connectivity index (χ0v) is 25.7. The lowest BCUT2D eigenvalue weighted by molar-refractivity contribution is -0.140. The first kappa shape index (κ1) is 32.2. The van der Waals surface area contributed by atoms with E-state index < -0.39 is 28.5 Å². The Hall–Kier alpha value is -3.27. The Bertz CT molecular complexity index is 1440. The number of unbranched alkanes of at least 4 members (excludes halogenated alkanes) is 1. The molecule has 1 N–H and O–H groups in total. The van der Waals surface area contributed by atoms with Crippen LogP contribution in [0.3, 0.4) is 0 Å². The maximum absolute atomic E-state index is 14.1. The smallest absolute Gasteiger partial charge is 0.264 e. The van der Waals surface area contributed by atoms with Crippen LogP contribution in [0.25, 0.3) is 0 Å². The lowest BCUT2D eigenvalue weighted by atomic mass is 10.1. The van der Waals surface area contributed by atoms with Crippen molar-refractivity contribution in [1.82, 2.24) is 10.2 Å². The van der Waals surface area contributed by atoms with Crippen molar-refractivity contribution in [2.75, 3.05) is 24.5 Å². The Labute approximate surface area is 252 Å². The number of hydrogen-bond acceptors (Lipinski definition) is 5. The predicted octanol–water partition coefficient (Wildman–Crippen LogP) is 5.92. The van der Waals surface area contributed by atoms with Crippen molar-refractivity contribution in [1.29, 1.82) is 0 Å². The van der Waals surface area contributed by atoms with Crippen LogP contribution in [0.15, 0.2) is 77.7 Å². The first-order valence-electron chi connectivity index (χ1n) is 13.4. The summed E-state index contributed by atoms with van der Waals surface area (Å²) in [5.41, 5.74) is 0.837. The van der Waals surface area contributed by atoms with E-state index in [0.29, 0.717) is 28.6 Å². The molecular formula is C30H35Cl2N3O5S. The first-order valence-corrected chi connectivity index (χ1v) is 15.6. The molecule has 2 amide bonds. The van der Waals surface area contributed by atoms with Crippen LogP contribution in [0.2, 0.25) is 10.0 Å². The van der Waals surface area contributed by atoms with Crippen molar-refractivity contribution < 1.29 is 22.7 Å². The molecule has 0 aliphatic carbocycles. The van der Waals surface area contributed by atoms with E-state index in [-0.39, 0.29) is 28.8 Å². The Morgan fingerprint density at radius 2 is 1.63 bits per heavy atom. The van der Waals surface area contributed by atoms with Crippen molar-refractivity contribution in [2.45, 2.75) is 50.6 Å². The van der Waals surface area contributed by atoms with E-state index in [1.54, 1.807) is 67.6 Å². The van der Waals surface area contributed by atoms with Crippen molar-refractivity contribution in [2.24, 2.45) is 0 Å². The second-order valence-corrected chi connectivity index (χ2v) is 12.0. The highest BCUT2D eigenvalue weighted by Crippen LogP contribution is 2.33. The number of hydrogen-bond donors (Lipinski definition) is 1. The second kappa shape index (κ2) is 15.1. The van der Waals surface area contributed by atoms with Gasteiger partial charge in [0.1, 0.15) is 18.3 Å². The highest BCUT2D eigenvalue weighted by Gasteiger charge is 2.34. The summed E-state index contributed by atoms with van der Waals surface area (Å²) in [5.74, 6) is -0.608. The SMILES string of the molecule is CCCCNC(=O)[C@@H](CC)N(Cc1ccc(Cl)c(Cl)c1)C(=O)CN(c1ccccc1OC)S(=O)(=O)c1ccccc1. The number of methoxy groups -OCH3 is 1. The normalized spacial score (nSPS) is 11.9. The number of amides is 2. The highest BCUT2D eigenvalue weighted by molar-refractivity contribution is 7.92. The van der Waals surface area contributed by atoms with Crippen LogP contribution in [0.4, 0.5) is 5.69 Å². The summed E-state index contributed by atoms with van der Waals surface area (Å²) < 4.78 is 34.4. The van der Waals surface area contributed by atoms with E-state index >= 15 is 0 Å². The molecule has 0 saturated carbocycles. The maximum atomic E-state index is 14.1. The fraction of sp³-hybridized carbons (Fsp3) is 0.333. The van der Waals surface area contributed by atoms with Gasteiger partial charge in [-0.1, -0.05) is 79.9 Å².